The Morgan fingerprint density at radius 1 is 1.21 bits per heavy atom. The van der Waals surface area contributed by atoms with Gasteiger partial charge in [-0.3, -0.25) is 14.5 Å². The predicted octanol–water partition coefficient (Wildman–Crippen LogP) is 2.25. The van der Waals surface area contributed by atoms with Crippen molar-refractivity contribution in [1.29, 1.82) is 0 Å². The molecule has 3 heterocycles. The van der Waals surface area contributed by atoms with E-state index in [2.05, 4.69) is 15.4 Å². The molecule has 0 aliphatic heterocycles. The summed E-state index contributed by atoms with van der Waals surface area (Å²) in [6.45, 7) is 2.38. The Morgan fingerprint density at radius 3 is 2.75 bits per heavy atom. The molecule has 0 unspecified atom stereocenters. The van der Waals surface area contributed by atoms with E-state index in [1.54, 1.807) is 12.3 Å². The molecule has 7 heteroatoms. The molecule has 0 bridgehead atoms. The highest BCUT2D eigenvalue weighted by Gasteiger charge is 2.16. The van der Waals surface area contributed by atoms with Gasteiger partial charge in [-0.15, -0.1) is 0 Å². The number of hydrogen-bond acceptors (Lipinski definition) is 3. The molecule has 120 valence electrons. The van der Waals surface area contributed by atoms with Crippen molar-refractivity contribution in [2.45, 2.75) is 6.92 Å². The van der Waals surface area contributed by atoms with Gasteiger partial charge in [-0.1, -0.05) is 18.2 Å². The summed E-state index contributed by atoms with van der Waals surface area (Å²) in [6.07, 6.45) is 3.16. The second kappa shape index (κ2) is 5.38. The SMILES string of the molecule is CCNC(=O)n1ccc2c3[nH]n(-c4ccccc4)c(=O)c3cnc21. The third kappa shape index (κ3) is 2.02. The summed E-state index contributed by atoms with van der Waals surface area (Å²) in [6, 6.07) is 10.9. The molecule has 0 aliphatic carbocycles. The summed E-state index contributed by atoms with van der Waals surface area (Å²) in [5, 5.41) is 7.08. The Bertz CT molecular complexity index is 1100. The molecule has 0 fully saturated rings. The fourth-order valence-electron chi connectivity index (χ4n) is 2.81. The number of pyridine rings is 1. The highest BCUT2D eigenvalue weighted by Crippen LogP contribution is 2.21. The molecular weight excluding hydrogens is 306 g/mol. The van der Waals surface area contributed by atoms with Crippen LogP contribution in [0.3, 0.4) is 0 Å². The van der Waals surface area contributed by atoms with Crippen LogP contribution in [0.25, 0.3) is 27.6 Å². The van der Waals surface area contributed by atoms with E-state index in [4.69, 9.17) is 0 Å². The lowest BCUT2D eigenvalue weighted by molar-refractivity contribution is 0.243. The fourth-order valence-corrected chi connectivity index (χ4v) is 2.81. The van der Waals surface area contributed by atoms with E-state index in [1.165, 1.54) is 15.4 Å². The normalized spacial score (nSPS) is 11.2. The minimum absolute atomic E-state index is 0.170. The van der Waals surface area contributed by atoms with Crippen molar-refractivity contribution >= 4 is 28.0 Å². The molecule has 2 N–H and O–H groups in total. The maximum atomic E-state index is 12.6. The first kappa shape index (κ1) is 14.3. The van der Waals surface area contributed by atoms with E-state index < -0.39 is 0 Å². The molecule has 7 nitrogen and oxygen atoms in total. The van der Waals surface area contributed by atoms with Crippen LogP contribution in [-0.2, 0) is 0 Å². The Labute approximate surface area is 136 Å². The second-order valence-electron chi connectivity index (χ2n) is 5.39. The highest BCUT2D eigenvalue weighted by molar-refractivity contribution is 6.04. The standard InChI is InChI=1S/C17H15N5O2/c1-2-18-17(24)21-9-8-12-14-13(10-19-15(12)21)16(23)22(20-14)11-6-4-3-5-7-11/h3-10,20H,2H2,1H3,(H,18,24). The number of nitrogens with one attached hydrogen (secondary N) is 2. The van der Waals surface area contributed by atoms with E-state index in [-0.39, 0.29) is 11.6 Å². The molecule has 0 radical (unpaired) electrons. The van der Waals surface area contributed by atoms with E-state index in [0.717, 1.165) is 11.1 Å². The smallest absolute Gasteiger partial charge is 0.327 e. The lowest BCUT2D eigenvalue weighted by Gasteiger charge is -2.03. The summed E-state index contributed by atoms with van der Waals surface area (Å²) in [5.74, 6) is 0. The average molecular weight is 321 g/mol. The minimum Gasteiger partial charge on any atom is -0.338 e. The zero-order valence-corrected chi connectivity index (χ0v) is 13.0. The highest BCUT2D eigenvalue weighted by atomic mass is 16.2. The Morgan fingerprint density at radius 2 is 2.00 bits per heavy atom. The largest absolute Gasteiger partial charge is 0.338 e. The van der Waals surface area contributed by atoms with Crippen molar-refractivity contribution < 1.29 is 4.79 Å². The number of para-hydroxylation sites is 1. The Kier molecular flexibility index (Phi) is 3.19. The van der Waals surface area contributed by atoms with Crippen LogP contribution >= 0.6 is 0 Å². The summed E-state index contributed by atoms with van der Waals surface area (Å²) >= 11 is 0. The number of aromatic nitrogens is 4. The molecule has 0 atom stereocenters. The van der Waals surface area contributed by atoms with Crippen LogP contribution < -0.4 is 10.9 Å². The molecule has 24 heavy (non-hydrogen) atoms. The number of hydrogen-bond donors (Lipinski definition) is 2. The summed E-state index contributed by atoms with van der Waals surface area (Å²) in [4.78, 5) is 29.0. The van der Waals surface area contributed by atoms with Gasteiger partial charge in [-0.05, 0) is 25.1 Å². The zero-order valence-electron chi connectivity index (χ0n) is 13.0. The molecular formula is C17H15N5O2. The van der Waals surface area contributed by atoms with Gasteiger partial charge in [0.05, 0.1) is 16.6 Å². The number of nitrogens with zero attached hydrogens (tertiary/aromatic N) is 3. The number of fused-ring (bicyclic) bond motifs is 3. The third-order valence-electron chi connectivity index (χ3n) is 3.93. The van der Waals surface area contributed by atoms with Crippen molar-refractivity contribution in [2.24, 2.45) is 0 Å². The summed E-state index contributed by atoms with van der Waals surface area (Å²) in [7, 11) is 0. The van der Waals surface area contributed by atoms with Crippen LogP contribution in [0.2, 0.25) is 0 Å². The number of carbonyl (C=O) groups excluding carboxylic acids is 1. The van der Waals surface area contributed by atoms with Crippen molar-refractivity contribution in [3.8, 4) is 5.69 Å². The van der Waals surface area contributed by atoms with Crippen molar-refractivity contribution in [2.75, 3.05) is 6.54 Å². The average Bonchev–Trinajstić information content (AvgIpc) is 3.17. The molecule has 1 amide bonds. The number of amides is 1. The van der Waals surface area contributed by atoms with Gasteiger partial charge in [-0.25, -0.2) is 14.5 Å². The van der Waals surface area contributed by atoms with E-state index in [0.29, 0.717) is 23.1 Å². The van der Waals surface area contributed by atoms with Gasteiger partial charge in [-0.2, -0.15) is 0 Å². The van der Waals surface area contributed by atoms with Crippen LogP contribution in [0.4, 0.5) is 4.79 Å². The number of rotatable bonds is 2. The van der Waals surface area contributed by atoms with Crippen LogP contribution in [0.5, 0.6) is 0 Å². The molecule has 4 rings (SSSR count). The Hall–Kier alpha value is -3.35. The van der Waals surface area contributed by atoms with Gasteiger partial charge in [0, 0.05) is 24.3 Å². The van der Waals surface area contributed by atoms with Crippen molar-refractivity contribution in [3.05, 3.63) is 59.1 Å². The maximum absolute atomic E-state index is 12.6. The van der Waals surface area contributed by atoms with E-state index >= 15 is 0 Å². The lowest BCUT2D eigenvalue weighted by atomic mass is 10.2. The fraction of sp³-hybridized carbons (Fsp3) is 0.118. The van der Waals surface area contributed by atoms with Crippen LogP contribution in [0.1, 0.15) is 6.92 Å². The first-order chi connectivity index (χ1) is 11.7. The second-order valence-corrected chi connectivity index (χ2v) is 5.39. The predicted molar refractivity (Wildman–Crippen MR) is 91.7 cm³/mol. The van der Waals surface area contributed by atoms with Gasteiger partial charge in [0.15, 0.2) is 0 Å². The topological polar surface area (TPSA) is 84.7 Å². The number of carbonyl (C=O) groups is 1. The van der Waals surface area contributed by atoms with Crippen LogP contribution in [0.15, 0.2) is 53.6 Å². The van der Waals surface area contributed by atoms with Crippen LogP contribution in [0, 0.1) is 0 Å². The minimum atomic E-state index is -0.246. The molecule has 0 saturated heterocycles. The van der Waals surface area contributed by atoms with Gasteiger partial charge < -0.3 is 5.32 Å². The van der Waals surface area contributed by atoms with Crippen molar-refractivity contribution in [3.63, 3.8) is 0 Å². The van der Waals surface area contributed by atoms with E-state index in [9.17, 15) is 9.59 Å². The lowest BCUT2D eigenvalue weighted by Crippen LogP contribution is -2.27. The van der Waals surface area contributed by atoms with Crippen LogP contribution in [-0.4, -0.2) is 31.9 Å². The summed E-state index contributed by atoms with van der Waals surface area (Å²) < 4.78 is 2.92. The molecule has 3 aromatic heterocycles. The van der Waals surface area contributed by atoms with Gasteiger partial charge in [0.2, 0.25) is 0 Å². The summed E-state index contributed by atoms with van der Waals surface area (Å²) in [5.41, 5.74) is 1.75. The molecule has 4 aromatic rings. The molecule has 1 aromatic carbocycles. The monoisotopic (exact) mass is 321 g/mol. The Balaban J connectivity index is 1.97. The first-order valence-electron chi connectivity index (χ1n) is 7.65. The quantitative estimate of drug-likeness (QED) is 0.594. The van der Waals surface area contributed by atoms with Gasteiger partial charge in [0.1, 0.15) is 5.65 Å². The number of aromatic amines is 1. The van der Waals surface area contributed by atoms with Gasteiger partial charge in [0.25, 0.3) is 5.56 Å². The zero-order chi connectivity index (χ0) is 16.7. The molecule has 0 aliphatic rings. The number of benzene rings is 1. The van der Waals surface area contributed by atoms with Crippen molar-refractivity contribution in [1.82, 2.24) is 24.6 Å². The number of H-pyrrole nitrogens is 1. The molecule has 0 saturated carbocycles. The first-order valence-corrected chi connectivity index (χ1v) is 7.65. The van der Waals surface area contributed by atoms with Gasteiger partial charge >= 0.3 is 6.03 Å². The third-order valence-corrected chi connectivity index (χ3v) is 3.93. The maximum Gasteiger partial charge on any atom is 0.327 e. The van der Waals surface area contributed by atoms with E-state index in [1.807, 2.05) is 37.3 Å². The molecule has 0 spiro atoms.